The first kappa shape index (κ1) is 11.5. The van der Waals surface area contributed by atoms with E-state index in [4.69, 9.17) is 0 Å². The van der Waals surface area contributed by atoms with E-state index in [1.54, 1.807) is 39.7 Å². The Kier molecular flexibility index (Phi) is 3.32. The first-order valence-corrected chi connectivity index (χ1v) is 5.74. The molecule has 0 saturated carbocycles. The number of phenols is 1. The van der Waals surface area contributed by atoms with Gasteiger partial charge in [-0.2, -0.15) is 0 Å². The number of phenolic OH excluding ortho intramolecular Hbond substituents is 1. The summed E-state index contributed by atoms with van der Waals surface area (Å²) in [6, 6.07) is 6.96. The molecule has 90 valence electrons. The zero-order chi connectivity index (χ0) is 12.3. The summed E-state index contributed by atoms with van der Waals surface area (Å²) in [5.41, 5.74) is 0.913. The van der Waals surface area contributed by atoms with Crippen molar-refractivity contribution in [1.82, 2.24) is 9.13 Å². The molecule has 0 amide bonds. The Bertz CT molecular complexity index is 555. The van der Waals surface area contributed by atoms with E-state index in [0.717, 1.165) is 18.5 Å². The molecule has 1 aromatic carbocycles. The van der Waals surface area contributed by atoms with Crippen LogP contribution in [0.3, 0.4) is 0 Å². The van der Waals surface area contributed by atoms with Gasteiger partial charge in [-0.25, -0.2) is 4.79 Å². The Labute approximate surface area is 99.8 Å². The summed E-state index contributed by atoms with van der Waals surface area (Å²) in [5.74, 6) is 0.225. The summed E-state index contributed by atoms with van der Waals surface area (Å²) in [6.45, 7) is 3.27. The fourth-order valence-corrected chi connectivity index (χ4v) is 1.84. The molecule has 4 heteroatoms. The van der Waals surface area contributed by atoms with Gasteiger partial charge in [0, 0.05) is 18.9 Å². The molecule has 0 fully saturated rings. The predicted molar refractivity (Wildman–Crippen MR) is 66.2 cm³/mol. The van der Waals surface area contributed by atoms with Gasteiger partial charge in [0.05, 0.1) is 6.54 Å². The lowest BCUT2D eigenvalue weighted by Crippen LogP contribution is -2.24. The van der Waals surface area contributed by atoms with Gasteiger partial charge in [-0.15, -0.1) is 0 Å². The van der Waals surface area contributed by atoms with Crippen molar-refractivity contribution in [3.8, 4) is 5.75 Å². The van der Waals surface area contributed by atoms with Gasteiger partial charge in [0.1, 0.15) is 5.75 Å². The molecule has 0 aliphatic carbocycles. The van der Waals surface area contributed by atoms with Crippen LogP contribution in [-0.2, 0) is 13.1 Å². The molecule has 1 N–H and O–H groups in total. The number of hydrogen-bond acceptors (Lipinski definition) is 2. The fourth-order valence-electron chi connectivity index (χ4n) is 1.84. The normalized spacial score (nSPS) is 10.6. The summed E-state index contributed by atoms with van der Waals surface area (Å²) < 4.78 is 3.34. The van der Waals surface area contributed by atoms with Crippen LogP contribution in [0.25, 0.3) is 0 Å². The average molecular weight is 232 g/mol. The molecule has 0 bridgehead atoms. The van der Waals surface area contributed by atoms with E-state index in [1.807, 2.05) is 13.0 Å². The highest BCUT2D eigenvalue weighted by atomic mass is 16.3. The molecule has 0 unspecified atom stereocenters. The van der Waals surface area contributed by atoms with Crippen LogP contribution in [0.5, 0.6) is 5.75 Å². The van der Waals surface area contributed by atoms with Crippen molar-refractivity contribution in [2.75, 3.05) is 0 Å². The van der Waals surface area contributed by atoms with Gasteiger partial charge in [-0.1, -0.05) is 19.1 Å². The highest BCUT2D eigenvalue weighted by Gasteiger charge is 2.03. The maximum Gasteiger partial charge on any atom is 0.328 e. The molecule has 0 aliphatic heterocycles. The van der Waals surface area contributed by atoms with E-state index < -0.39 is 0 Å². The number of aromatic nitrogens is 2. The van der Waals surface area contributed by atoms with E-state index >= 15 is 0 Å². The van der Waals surface area contributed by atoms with Crippen LogP contribution in [0, 0.1) is 0 Å². The third kappa shape index (κ3) is 2.58. The monoisotopic (exact) mass is 232 g/mol. The summed E-state index contributed by atoms with van der Waals surface area (Å²) in [6.07, 6.45) is 4.52. The number of aromatic hydroxyl groups is 1. The van der Waals surface area contributed by atoms with Gasteiger partial charge in [0.15, 0.2) is 0 Å². The van der Waals surface area contributed by atoms with Gasteiger partial charge in [0.2, 0.25) is 0 Å². The van der Waals surface area contributed by atoms with E-state index in [-0.39, 0.29) is 11.4 Å². The quantitative estimate of drug-likeness (QED) is 0.874. The maximum absolute atomic E-state index is 11.9. The molecule has 4 nitrogen and oxygen atoms in total. The second kappa shape index (κ2) is 4.91. The predicted octanol–water partition coefficient (Wildman–Crippen LogP) is 1.81. The highest BCUT2D eigenvalue weighted by molar-refractivity contribution is 5.27. The molecule has 0 aliphatic rings. The summed E-state index contributed by atoms with van der Waals surface area (Å²) in [5, 5.41) is 9.36. The molecule has 1 heterocycles. The molecule has 0 saturated heterocycles. The van der Waals surface area contributed by atoms with Crippen LogP contribution >= 0.6 is 0 Å². The van der Waals surface area contributed by atoms with Gasteiger partial charge < -0.3 is 5.11 Å². The van der Waals surface area contributed by atoms with Crippen LogP contribution in [0.4, 0.5) is 0 Å². The molecule has 0 spiro atoms. The number of rotatable bonds is 4. The third-order valence-electron chi connectivity index (χ3n) is 2.65. The summed E-state index contributed by atoms with van der Waals surface area (Å²) >= 11 is 0. The topological polar surface area (TPSA) is 47.2 Å². The summed E-state index contributed by atoms with van der Waals surface area (Å²) in [4.78, 5) is 11.9. The van der Waals surface area contributed by atoms with Crippen molar-refractivity contribution in [2.24, 2.45) is 0 Å². The molecule has 2 aromatic rings. The van der Waals surface area contributed by atoms with E-state index in [2.05, 4.69) is 0 Å². The largest absolute Gasteiger partial charge is 0.508 e. The third-order valence-corrected chi connectivity index (χ3v) is 2.65. The first-order chi connectivity index (χ1) is 8.20. The second-order valence-electron chi connectivity index (χ2n) is 4.07. The molecule has 0 radical (unpaired) electrons. The Hall–Kier alpha value is -1.97. The second-order valence-corrected chi connectivity index (χ2v) is 4.07. The van der Waals surface area contributed by atoms with Crippen molar-refractivity contribution < 1.29 is 5.11 Å². The molecule has 2 rings (SSSR count). The lowest BCUT2D eigenvalue weighted by atomic mass is 10.2. The average Bonchev–Trinajstić information content (AvgIpc) is 2.62. The number of imidazole rings is 1. The van der Waals surface area contributed by atoms with Crippen LogP contribution in [0.15, 0.2) is 41.5 Å². The van der Waals surface area contributed by atoms with Gasteiger partial charge in [-0.3, -0.25) is 9.13 Å². The lowest BCUT2D eigenvalue weighted by Gasteiger charge is -2.02. The molecule has 17 heavy (non-hydrogen) atoms. The van der Waals surface area contributed by atoms with Crippen molar-refractivity contribution in [3.05, 3.63) is 52.7 Å². The molecule has 0 atom stereocenters. The van der Waals surface area contributed by atoms with Crippen molar-refractivity contribution in [3.63, 3.8) is 0 Å². The SMILES string of the molecule is CCCn1ccn(Cc2cccc(O)c2)c1=O. The minimum Gasteiger partial charge on any atom is -0.508 e. The van der Waals surface area contributed by atoms with Crippen LogP contribution in [-0.4, -0.2) is 14.2 Å². The summed E-state index contributed by atoms with van der Waals surface area (Å²) in [7, 11) is 0. The Balaban J connectivity index is 2.22. The van der Waals surface area contributed by atoms with E-state index in [9.17, 15) is 9.90 Å². The minimum atomic E-state index is -0.00445. The van der Waals surface area contributed by atoms with Gasteiger partial charge in [-0.05, 0) is 24.1 Å². The van der Waals surface area contributed by atoms with Gasteiger partial charge >= 0.3 is 5.69 Å². The first-order valence-electron chi connectivity index (χ1n) is 5.74. The van der Waals surface area contributed by atoms with Crippen molar-refractivity contribution >= 4 is 0 Å². The van der Waals surface area contributed by atoms with Crippen LogP contribution < -0.4 is 5.69 Å². The zero-order valence-corrected chi connectivity index (χ0v) is 9.84. The van der Waals surface area contributed by atoms with Crippen molar-refractivity contribution in [2.45, 2.75) is 26.4 Å². The maximum atomic E-state index is 11.9. The lowest BCUT2D eigenvalue weighted by molar-refractivity contribution is 0.474. The van der Waals surface area contributed by atoms with E-state index in [1.165, 1.54) is 0 Å². The highest BCUT2D eigenvalue weighted by Crippen LogP contribution is 2.11. The standard InChI is InChI=1S/C13H16N2O2/c1-2-6-14-7-8-15(13(14)17)10-11-4-3-5-12(16)9-11/h3-5,7-9,16H,2,6,10H2,1H3. The van der Waals surface area contributed by atoms with Crippen molar-refractivity contribution in [1.29, 1.82) is 0 Å². The molecular formula is C13H16N2O2. The number of nitrogens with zero attached hydrogens (tertiary/aromatic N) is 2. The molecule has 1 aromatic heterocycles. The minimum absolute atomic E-state index is 0.00445. The van der Waals surface area contributed by atoms with Crippen LogP contribution in [0.1, 0.15) is 18.9 Å². The zero-order valence-electron chi connectivity index (χ0n) is 9.84. The van der Waals surface area contributed by atoms with Gasteiger partial charge in [0.25, 0.3) is 0 Å². The van der Waals surface area contributed by atoms with E-state index in [0.29, 0.717) is 6.54 Å². The fraction of sp³-hybridized carbons (Fsp3) is 0.308. The number of hydrogen-bond donors (Lipinski definition) is 1. The smallest absolute Gasteiger partial charge is 0.328 e. The Morgan fingerprint density at radius 3 is 2.71 bits per heavy atom. The molecular weight excluding hydrogens is 216 g/mol. The number of aryl methyl sites for hydroxylation is 1. The number of benzene rings is 1. The Morgan fingerprint density at radius 2 is 2.00 bits per heavy atom. The van der Waals surface area contributed by atoms with Crippen LogP contribution in [0.2, 0.25) is 0 Å². The Morgan fingerprint density at radius 1 is 1.24 bits per heavy atom.